The number of hydrogen-bond donors (Lipinski definition) is 2. The van der Waals surface area contributed by atoms with Crippen LogP contribution < -0.4 is 10.3 Å². The van der Waals surface area contributed by atoms with Crippen molar-refractivity contribution in [2.75, 3.05) is 20.2 Å². The highest BCUT2D eigenvalue weighted by Gasteiger charge is 2.36. The Bertz CT molecular complexity index is 1530. The largest absolute Gasteiger partial charge is 0.497 e. The lowest BCUT2D eigenvalue weighted by atomic mass is 9.88. The van der Waals surface area contributed by atoms with Crippen LogP contribution in [0.1, 0.15) is 28.8 Å². The molecule has 0 bridgehead atoms. The van der Waals surface area contributed by atoms with Gasteiger partial charge in [-0.25, -0.2) is 4.98 Å². The summed E-state index contributed by atoms with van der Waals surface area (Å²) in [6.45, 7) is 2.55. The number of rotatable bonds is 6. The molecule has 36 heavy (non-hydrogen) atoms. The summed E-state index contributed by atoms with van der Waals surface area (Å²) in [5.41, 5.74) is 4.95. The van der Waals surface area contributed by atoms with Crippen molar-refractivity contribution in [3.8, 4) is 16.9 Å². The van der Waals surface area contributed by atoms with E-state index in [0.29, 0.717) is 10.9 Å². The minimum atomic E-state index is -0.115. The molecule has 0 aliphatic carbocycles. The molecule has 3 heterocycles. The molecule has 5 aromatic rings. The van der Waals surface area contributed by atoms with Gasteiger partial charge in [0.1, 0.15) is 11.6 Å². The molecule has 0 saturated carbocycles. The molecule has 2 aromatic heterocycles. The van der Waals surface area contributed by atoms with Crippen LogP contribution in [0.25, 0.3) is 22.0 Å². The van der Waals surface area contributed by atoms with E-state index < -0.39 is 0 Å². The van der Waals surface area contributed by atoms with E-state index in [1.807, 2.05) is 42.6 Å². The molecule has 1 aliphatic heterocycles. The first-order valence-electron chi connectivity index (χ1n) is 12.1. The maximum absolute atomic E-state index is 13.2. The Hall–Kier alpha value is -4.23. The van der Waals surface area contributed by atoms with Crippen molar-refractivity contribution in [1.29, 1.82) is 0 Å². The first-order chi connectivity index (χ1) is 17.7. The third-order valence-electron chi connectivity index (χ3n) is 7.09. The molecule has 1 saturated heterocycles. The minimum absolute atomic E-state index is 0.0627. The SMILES string of the molecule is COc1ccc([C@@H]2CN(Cc3ccccc3)C[C@H]2c2nc3ccc(-c4cn[nH]c4)cc3c(=O)[nH]2)cc1. The highest BCUT2D eigenvalue weighted by molar-refractivity contribution is 5.83. The van der Waals surface area contributed by atoms with Crippen LogP contribution in [0, 0.1) is 0 Å². The number of fused-ring (bicyclic) bond motifs is 1. The van der Waals surface area contributed by atoms with Gasteiger partial charge >= 0.3 is 0 Å². The van der Waals surface area contributed by atoms with Crippen molar-refractivity contribution in [1.82, 2.24) is 25.1 Å². The summed E-state index contributed by atoms with van der Waals surface area (Å²) in [5.74, 6) is 1.83. The van der Waals surface area contributed by atoms with Crippen LogP contribution in [0.4, 0.5) is 0 Å². The molecular formula is C29H27N5O2. The van der Waals surface area contributed by atoms with E-state index in [0.717, 1.165) is 42.3 Å². The molecule has 1 aliphatic rings. The molecule has 0 spiro atoms. The molecule has 0 amide bonds. The van der Waals surface area contributed by atoms with Crippen molar-refractivity contribution in [3.63, 3.8) is 0 Å². The molecule has 2 atom stereocenters. The number of ether oxygens (including phenoxy) is 1. The van der Waals surface area contributed by atoms with Crippen molar-refractivity contribution < 1.29 is 4.74 Å². The van der Waals surface area contributed by atoms with Gasteiger partial charge in [0.05, 0.1) is 24.2 Å². The Balaban J connectivity index is 1.37. The predicted molar refractivity (Wildman–Crippen MR) is 140 cm³/mol. The van der Waals surface area contributed by atoms with Crippen LogP contribution in [0.5, 0.6) is 5.75 Å². The smallest absolute Gasteiger partial charge is 0.258 e. The predicted octanol–water partition coefficient (Wildman–Crippen LogP) is 4.71. The molecular weight excluding hydrogens is 450 g/mol. The van der Waals surface area contributed by atoms with Gasteiger partial charge in [-0.15, -0.1) is 0 Å². The number of likely N-dealkylation sites (tertiary alicyclic amines) is 1. The zero-order valence-electron chi connectivity index (χ0n) is 20.0. The number of benzene rings is 3. The van der Waals surface area contributed by atoms with Crippen molar-refractivity contribution in [3.05, 3.63) is 112 Å². The van der Waals surface area contributed by atoms with E-state index in [-0.39, 0.29) is 17.4 Å². The van der Waals surface area contributed by atoms with E-state index in [4.69, 9.17) is 9.72 Å². The lowest BCUT2D eigenvalue weighted by Crippen LogP contribution is -2.21. The Morgan fingerprint density at radius 1 is 0.972 bits per heavy atom. The third kappa shape index (κ3) is 4.29. The lowest BCUT2D eigenvalue weighted by molar-refractivity contribution is 0.323. The van der Waals surface area contributed by atoms with E-state index in [1.54, 1.807) is 13.3 Å². The highest BCUT2D eigenvalue weighted by atomic mass is 16.5. The van der Waals surface area contributed by atoms with Crippen molar-refractivity contribution in [2.45, 2.75) is 18.4 Å². The third-order valence-corrected chi connectivity index (χ3v) is 7.09. The van der Waals surface area contributed by atoms with Crippen molar-refractivity contribution >= 4 is 10.9 Å². The zero-order valence-corrected chi connectivity index (χ0v) is 20.0. The fourth-order valence-corrected chi connectivity index (χ4v) is 5.24. The number of methoxy groups -OCH3 is 1. The molecule has 1 fully saturated rings. The fourth-order valence-electron chi connectivity index (χ4n) is 5.24. The quantitative estimate of drug-likeness (QED) is 0.370. The van der Waals surface area contributed by atoms with Crippen LogP contribution in [0.15, 0.2) is 90.0 Å². The summed E-state index contributed by atoms with van der Waals surface area (Å²) in [5, 5.41) is 7.42. The normalized spacial score (nSPS) is 18.0. The average molecular weight is 478 g/mol. The zero-order chi connectivity index (χ0) is 24.5. The maximum Gasteiger partial charge on any atom is 0.258 e. The topological polar surface area (TPSA) is 86.9 Å². The Labute approximate surface area is 208 Å². The molecule has 6 rings (SSSR count). The van der Waals surface area contributed by atoms with Crippen LogP contribution in [0.3, 0.4) is 0 Å². The molecule has 0 radical (unpaired) electrons. The molecule has 180 valence electrons. The molecule has 7 heteroatoms. The van der Waals surface area contributed by atoms with E-state index >= 15 is 0 Å². The minimum Gasteiger partial charge on any atom is -0.497 e. The summed E-state index contributed by atoms with van der Waals surface area (Å²) in [4.78, 5) is 23.8. The first-order valence-corrected chi connectivity index (χ1v) is 12.1. The molecule has 2 N–H and O–H groups in total. The number of aromatic nitrogens is 4. The van der Waals surface area contributed by atoms with Gasteiger partial charge in [-0.3, -0.25) is 14.8 Å². The van der Waals surface area contributed by atoms with Crippen LogP contribution in [-0.2, 0) is 6.54 Å². The molecule has 0 unspecified atom stereocenters. The highest BCUT2D eigenvalue weighted by Crippen LogP contribution is 2.39. The van der Waals surface area contributed by atoms with Crippen LogP contribution >= 0.6 is 0 Å². The van der Waals surface area contributed by atoms with Gasteiger partial charge in [0.25, 0.3) is 5.56 Å². The van der Waals surface area contributed by atoms with Gasteiger partial charge in [0, 0.05) is 43.2 Å². The summed E-state index contributed by atoms with van der Waals surface area (Å²) in [7, 11) is 1.68. The second-order valence-corrected chi connectivity index (χ2v) is 9.34. The first kappa shape index (κ1) is 22.2. The Kier molecular flexibility index (Phi) is 5.83. The monoisotopic (exact) mass is 477 g/mol. The van der Waals surface area contributed by atoms with Crippen LogP contribution in [-0.4, -0.2) is 45.3 Å². The second kappa shape index (κ2) is 9.43. The number of aromatic amines is 2. The fraction of sp³-hybridized carbons (Fsp3) is 0.207. The van der Waals surface area contributed by atoms with Gasteiger partial charge in [-0.1, -0.05) is 48.5 Å². The number of nitrogens with zero attached hydrogens (tertiary/aromatic N) is 3. The summed E-state index contributed by atoms with van der Waals surface area (Å²) in [6.07, 6.45) is 3.56. The maximum atomic E-state index is 13.2. The van der Waals surface area contributed by atoms with Gasteiger partial charge < -0.3 is 9.72 Å². The van der Waals surface area contributed by atoms with Gasteiger partial charge in [0.15, 0.2) is 0 Å². The van der Waals surface area contributed by atoms with Gasteiger partial charge in [0.2, 0.25) is 0 Å². The van der Waals surface area contributed by atoms with Gasteiger partial charge in [-0.2, -0.15) is 5.10 Å². The summed E-state index contributed by atoms with van der Waals surface area (Å²) < 4.78 is 5.37. The van der Waals surface area contributed by atoms with E-state index in [9.17, 15) is 4.79 Å². The van der Waals surface area contributed by atoms with Crippen LogP contribution in [0.2, 0.25) is 0 Å². The van der Waals surface area contributed by atoms with E-state index in [1.165, 1.54) is 11.1 Å². The molecule has 3 aromatic carbocycles. The standard InChI is InChI=1S/C29H27N5O2/c1-36-23-10-7-20(8-11-23)25-17-34(16-19-5-3-2-4-6-19)18-26(25)28-32-27-12-9-21(22-14-30-31-15-22)13-24(27)29(35)33-28/h2-15,25-26H,16-18H2,1H3,(H,30,31)(H,32,33,35)/t25-,26+/m0/s1. The van der Waals surface area contributed by atoms with E-state index in [2.05, 4.69) is 56.5 Å². The Morgan fingerprint density at radius 2 is 1.78 bits per heavy atom. The Morgan fingerprint density at radius 3 is 2.53 bits per heavy atom. The average Bonchev–Trinajstić information content (AvgIpc) is 3.60. The number of hydrogen-bond acceptors (Lipinski definition) is 5. The second-order valence-electron chi connectivity index (χ2n) is 9.34. The summed E-state index contributed by atoms with van der Waals surface area (Å²) >= 11 is 0. The number of nitrogens with one attached hydrogen (secondary N) is 2. The van der Waals surface area contributed by atoms with Crippen molar-refractivity contribution in [2.24, 2.45) is 0 Å². The van der Waals surface area contributed by atoms with Gasteiger partial charge in [-0.05, 0) is 41.0 Å². The lowest BCUT2D eigenvalue weighted by Gasteiger charge is -2.19. The number of H-pyrrole nitrogens is 2. The molecule has 7 nitrogen and oxygen atoms in total. The summed E-state index contributed by atoms with van der Waals surface area (Å²) in [6, 6.07) is 24.5.